The summed E-state index contributed by atoms with van der Waals surface area (Å²) in [5.74, 6) is -2.14. The third-order valence-electron chi connectivity index (χ3n) is 6.06. The van der Waals surface area contributed by atoms with Gasteiger partial charge in [0.25, 0.3) is 5.92 Å². The van der Waals surface area contributed by atoms with E-state index in [2.05, 4.69) is 9.97 Å². The molecule has 0 atom stereocenters. The average Bonchev–Trinajstić information content (AvgIpc) is 2.89. The van der Waals surface area contributed by atoms with E-state index in [9.17, 15) is 13.6 Å². The second kappa shape index (κ2) is 11.0. The highest BCUT2D eigenvalue weighted by Gasteiger charge is 2.28. The Bertz CT molecular complexity index is 1320. The molecule has 36 heavy (non-hydrogen) atoms. The maximum Gasteiger partial charge on any atom is 0.273 e. The Balaban J connectivity index is 1.45. The first-order valence-electron chi connectivity index (χ1n) is 11.7. The number of hydrogen-bond donors (Lipinski definition) is 0. The molecule has 0 aliphatic carbocycles. The summed E-state index contributed by atoms with van der Waals surface area (Å²) in [4.78, 5) is 23.6. The Morgan fingerprint density at radius 3 is 2.00 bits per heavy atom. The number of benzene rings is 3. The number of rotatable bonds is 9. The van der Waals surface area contributed by atoms with Crippen LogP contribution >= 0.6 is 11.6 Å². The van der Waals surface area contributed by atoms with Crippen molar-refractivity contribution in [3.8, 4) is 11.3 Å². The second-order valence-electron chi connectivity index (χ2n) is 8.61. The van der Waals surface area contributed by atoms with Crippen molar-refractivity contribution >= 4 is 28.9 Å². The minimum Gasteiger partial charge on any atom is -0.328 e. The van der Waals surface area contributed by atoms with Crippen molar-refractivity contribution in [3.63, 3.8) is 0 Å². The lowest BCUT2D eigenvalue weighted by Crippen LogP contribution is -2.13. The maximum atomic E-state index is 13.8. The average molecular weight is 506 g/mol. The molecule has 0 saturated carbocycles. The van der Waals surface area contributed by atoms with Crippen LogP contribution in [0, 0.1) is 0 Å². The largest absolute Gasteiger partial charge is 0.328 e. The molecule has 1 heterocycles. The molecule has 0 bridgehead atoms. The van der Waals surface area contributed by atoms with Crippen LogP contribution in [0.25, 0.3) is 11.3 Å². The molecule has 0 saturated heterocycles. The summed E-state index contributed by atoms with van der Waals surface area (Å²) in [5, 5.41) is 0.659. The van der Waals surface area contributed by atoms with Crippen molar-refractivity contribution in [2.24, 2.45) is 0 Å². The Kier molecular flexibility index (Phi) is 7.75. The molecule has 0 aliphatic rings. The zero-order chi connectivity index (χ0) is 25.7. The highest BCUT2D eigenvalue weighted by Crippen LogP contribution is 2.32. The predicted molar refractivity (Wildman–Crippen MR) is 140 cm³/mol. The topological polar surface area (TPSA) is 46.1 Å². The van der Waals surface area contributed by atoms with Crippen molar-refractivity contribution in [2.75, 3.05) is 11.9 Å². The molecular formula is C29H26ClF2N3O. The summed E-state index contributed by atoms with van der Waals surface area (Å²) in [7, 11) is 1.92. The summed E-state index contributed by atoms with van der Waals surface area (Å²) < 4.78 is 27.6. The number of aromatic nitrogens is 2. The molecule has 184 valence electrons. The first-order chi connectivity index (χ1) is 17.3. The smallest absolute Gasteiger partial charge is 0.273 e. The van der Waals surface area contributed by atoms with Gasteiger partial charge in [-0.3, -0.25) is 9.78 Å². The number of hydrogen-bond acceptors (Lipinski definition) is 4. The summed E-state index contributed by atoms with van der Waals surface area (Å²) in [6.45, 7) is 1.45. The minimum absolute atomic E-state index is 0.0143. The van der Waals surface area contributed by atoms with Crippen molar-refractivity contribution in [2.45, 2.75) is 32.1 Å². The van der Waals surface area contributed by atoms with Gasteiger partial charge < -0.3 is 4.90 Å². The molecule has 4 nitrogen and oxygen atoms in total. The summed E-state index contributed by atoms with van der Waals surface area (Å²) in [6.07, 6.45) is 3.49. The first kappa shape index (κ1) is 25.5. The number of carbonyl (C=O) groups is 1. The van der Waals surface area contributed by atoms with Gasteiger partial charge in [0.05, 0.1) is 0 Å². The molecule has 0 spiro atoms. The van der Waals surface area contributed by atoms with Gasteiger partial charge in [0.2, 0.25) is 0 Å². The zero-order valence-electron chi connectivity index (χ0n) is 20.1. The van der Waals surface area contributed by atoms with E-state index in [0.717, 1.165) is 28.1 Å². The van der Waals surface area contributed by atoms with Gasteiger partial charge in [-0.15, -0.1) is 0 Å². The van der Waals surface area contributed by atoms with E-state index >= 15 is 0 Å². The molecule has 3 aromatic carbocycles. The predicted octanol–water partition coefficient (Wildman–Crippen LogP) is 7.42. The Labute approximate surface area is 214 Å². The van der Waals surface area contributed by atoms with Gasteiger partial charge in [-0.05, 0) is 35.4 Å². The number of Topliss-reactive ketones (excluding diaryl/α,β-unsaturated/α-hetero) is 1. The van der Waals surface area contributed by atoms with E-state index in [1.54, 1.807) is 24.5 Å². The normalized spacial score (nSPS) is 11.4. The van der Waals surface area contributed by atoms with Crippen LogP contribution in [-0.4, -0.2) is 22.8 Å². The van der Waals surface area contributed by atoms with E-state index in [1.165, 1.54) is 19.1 Å². The van der Waals surface area contributed by atoms with Gasteiger partial charge in [-0.25, -0.2) is 13.8 Å². The third kappa shape index (κ3) is 5.94. The molecule has 0 fully saturated rings. The van der Waals surface area contributed by atoms with Crippen molar-refractivity contribution in [1.82, 2.24) is 9.97 Å². The lowest BCUT2D eigenvalue weighted by Gasteiger charge is -2.20. The minimum atomic E-state index is -2.85. The molecule has 4 aromatic rings. The standard InChI is InChI=1S/C29H26ClF2N3O/c1-3-29(31,32)23-10-6-21(7-11-23)19-26(36)18-20-4-8-22(9-5-20)27-28(34-17-16-33-27)35(2)25-14-12-24(30)13-15-25/h4-17H,3,18-19H2,1-2H3. The number of anilines is 2. The monoisotopic (exact) mass is 505 g/mol. The molecular weight excluding hydrogens is 480 g/mol. The fourth-order valence-electron chi connectivity index (χ4n) is 3.94. The Morgan fingerprint density at radius 1 is 0.861 bits per heavy atom. The molecule has 0 radical (unpaired) electrons. The number of carbonyl (C=O) groups excluding carboxylic acids is 1. The van der Waals surface area contributed by atoms with E-state index in [1.807, 2.05) is 60.5 Å². The number of ketones is 1. The Hall–Kier alpha value is -3.64. The van der Waals surface area contributed by atoms with E-state index in [-0.39, 0.29) is 30.6 Å². The summed E-state index contributed by atoms with van der Waals surface area (Å²) in [6, 6.07) is 21.1. The van der Waals surface area contributed by atoms with Crippen molar-refractivity contribution in [1.29, 1.82) is 0 Å². The van der Waals surface area contributed by atoms with Crippen LogP contribution in [0.4, 0.5) is 20.3 Å². The van der Waals surface area contributed by atoms with Crippen molar-refractivity contribution in [3.05, 3.63) is 107 Å². The van der Waals surface area contributed by atoms with Gasteiger partial charge in [0.1, 0.15) is 11.5 Å². The number of alkyl halides is 2. The number of nitrogens with zero attached hydrogens (tertiary/aromatic N) is 3. The highest BCUT2D eigenvalue weighted by atomic mass is 35.5. The van der Waals surface area contributed by atoms with Crippen LogP contribution < -0.4 is 4.90 Å². The molecule has 0 aliphatic heterocycles. The molecule has 1 aromatic heterocycles. The van der Waals surface area contributed by atoms with Crippen LogP contribution in [0.2, 0.25) is 5.02 Å². The fourth-order valence-corrected chi connectivity index (χ4v) is 4.06. The molecule has 0 unspecified atom stereocenters. The van der Waals surface area contributed by atoms with E-state index in [4.69, 9.17) is 11.6 Å². The molecule has 7 heteroatoms. The third-order valence-corrected chi connectivity index (χ3v) is 6.31. The van der Waals surface area contributed by atoms with Crippen LogP contribution in [-0.2, 0) is 23.6 Å². The first-order valence-corrected chi connectivity index (χ1v) is 12.0. The van der Waals surface area contributed by atoms with Gasteiger partial charge in [0.15, 0.2) is 5.82 Å². The highest BCUT2D eigenvalue weighted by molar-refractivity contribution is 6.30. The lowest BCUT2D eigenvalue weighted by atomic mass is 9.99. The molecule has 0 amide bonds. The van der Waals surface area contributed by atoms with Gasteiger partial charge in [0, 0.05) is 60.5 Å². The van der Waals surface area contributed by atoms with Crippen LogP contribution in [0.5, 0.6) is 0 Å². The maximum absolute atomic E-state index is 13.8. The number of halogens is 3. The van der Waals surface area contributed by atoms with Gasteiger partial charge in [-0.2, -0.15) is 0 Å². The zero-order valence-corrected chi connectivity index (χ0v) is 20.8. The lowest BCUT2D eigenvalue weighted by molar-refractivity contribution is -0.117. The molecule has 4 rings (SSSR count). The van der Waals surface area contributed by atoms with Crippen LogP contribution in [0.3, 0.4) is 0 Å². The van der Waals surface area contributed by atoms with Crippen LogP contribution in [0.15, 0.2) is 85.2 Å². The van der Waals surface area contributed by atoms with Crippen LogP contribution in [0.1, 0.15) is 30.0 Å². The quantitative estimate of drug-likeness (QED) is 0.237. The van der Waals surface area contributed by atoms with Gasteiger partial charge in [-0.1, -0.05) is 67.1 Å². The summed E-state index contributed by atoms with van der Waals surface area (Å²) in [5.41, 5.74) is 4.09. The van der Waals surface area contributed by atoms with Gasteiger partial charge >= 0.3 is 0 Å². The van der Waals surface area contributed by atoms with Crippen molar-refractivity contribution < 1.29 is 13.6 Å². The second-order valence-corrected chi connectivity index (χ2v) is 9.04. The van der Waals surface area contributed by atoms with E-state index < -0.39 is 5.92 Å². The summed E-state index contributed by atoms with van der Waals surface area (Å²) >= 11 is 6.02. The SMILES string of the molecule is CCC(F)(F)c1ccc(CC(=O)Cc2ccc(-c3nccnc3N(C)c3ccc(Cl)cc3)cc2)cc1. The fraction of sp³-hybridized carbons (Fsp3) is 0.207. The molecule has 0 N–H and O–H groups in total. The van der Waals surface area contributed by atoms with E-state index in [0.29, 0.717) is 10.8 Å². The Morgan fingerprint density at radius 2 is 1.42 bits per heavy atom.